The first-order chi connectivity index (χ1) is 8.19. The van der Waals surface area contributed by atoms with Crippen LogP contribution in [0.2, 0.25) is 0 Å². The normalized spacial score (nSPS) is 9.94. The summed E-state index contributed by atoms with van der Waals surface area (Å²) in [5, 5.41) is 14.0. The van der Waals surface area contributed by atoms with E-state index in [-0.39, 0.29) is 0 Å². The Morgan fingerprint density at radius 1 is 1.41 bits per heavy atom. The molecule has 0 saturated heterocycles. The number of nitriles is 1. The highest BCUT2D eigenvalue weighted by Gasteiger charge is 2.01. The van der Waals surface area contributed by atoms with Crippen molar-refractivity contribution in [2.45, 2.75) is 13.5 Å². The van der Waals surface area contributed by atoms with Crippen LogP contribution in [0.1, 0.15) is 16.0 Å². The average Bonchev–Trinajstić information content (AvgIpc) is 2.76. The maximum atomic E-state index is 8.75. The molecule has 2 nitrogen and oxygen atoms in total. The van der Waals surface area contributed by atoms with Gasteiger partial charge in [0.25, 0.3) is 0 Å². The van der Waals surface area contributed by atoms with E-state index < -0.39 is 0 Å². The van der Waals surface area contributed by atoms with Gasteiger partial charge in [-0.25, -0.2) is 0 Å². The van der Waals surface area contributed by atoms with Crippen molar-refractivity contribution in [1.82, 2.24) is 0 Å². The summed E-state index contributed by atoms with van der Waals surface area (Å²) in [7, 11) is 0. The molecule has 1 N–H and O–H groups in total. The van der Waals surface area contributed by atoms with Gasteiger partial charge in [0.15, 0.2) is 0 Å². The van der Waals surface area contributed by atoms with Gasteiger partial charge < -0.3 is 5.32 Å². The van der Waals surface area contributed by atoms with Crippen molar-refractivity contribution in [2.24, 2.45) is 0 Å². The van der Waals surface area contributed by atoms with Crippen LogP contribution >= 0.6 is 33.9 Å². The predicted octanol–water partition coefficient (Wildman–Crippen LogP) is 4.14. The van der Waals surface area contributed by atoms with Crippen LogP contribution in [-0.4, -0.2) is 0 Å². The Hall–Kier alpha value is -1.06. The Balaban J connectivity index is 2.05. The number of hydrogen-bond acceptors (Lipinski definition) is 3. The zero-order valence-corrected chi connectivity index (χ0v) is 12.3. The number of rotatable bonds is 3. The van der Waals surface area contributed by atoms with Crippen molar-refractivity contribution in [2.75, 3.05) is 5.32 Å². The number of nitrogens with one attached hydrogen (secondary N) is 1. The number of halogens is 1. The number of benzene rings is 1. The summed E-state index contributed by atoms with van der Waals surface area (Å²) in [6, 6.07) is 10.4. The molecular weight excluding hydrogens is 343 g/mol. The third-order valence-electron chi connectivity index (χ3n) is 2.42. The molecule has 0 atom stereocenters. The van der Waals surface area contributed by atoms with E-state index in [2.05, 4.69) is 59.1 Å². The van der Waals surface area contributed by atoms with Crippen LogP contribution in [0.4, 0.5) is 5.69 Å². The Kier molecular flexibility index (Phi) is 4.02. The largest absolute Gasteiger partial charge is 0.380 e. The molecule has 0 aliphatic carbocycles. The van der Waals surface area contributed by atoms with Crippen molar-refractivity contribution in [3.05, 3.63) is 49.2 Å². The van der Waals surface area contributed by atoms with Crippen LogP contribution < -0.4 is 5.32 Å². The summed E-state index contributed by atoms with van der Waals surface area (Å²) in [5.74, 6) is 0. The molecule has 0 radical (unpaired) electrons. The highest BCUT2D eigenvalue weighted by molar-refractivity contribution is 14.1. The molecule has 0 fully saturated rings. The van der Waals surface area contributed by atoms with Gasteiger partial charge >= 0.3 is 0 Å². The van der Waals surface area contributed by atoms with Gasteiger partial charge in [-0.1, -0.05) is 0 Å². The number of hydrogen-bond donors (Lipinski definition) is 1. The number of anilines is 1. The lowest BCUT2D eigenvalue weighted by atomic mass is 10.2. The van der Waals surface area contributed by atoms with E-state index >= 15 is 0 Å². The zero-order valence-electron chi connectivity index (χ0n) is 9.33. The molecule has 1 aromatic carbocycles. The van der Waals surface area contributed by atoms with E-state index in [1.54, 1.807) is 11.3 Å². The lowest BCUT2D eigenvalue weighted by Gasteiger charge is -2.08. The van der Waals surface area contributed by atoms with Crippen LogP contribution in [0.5, 0.6) is 0 Å². The molecular formula is C13H11IN2S. The Morgan fingerprint density at radius 2 is 2.24 bits per heavy atom. The average molecular weight is 354 g/mol. The van der Waals surface area contributed by atoms with E-state index in [4.69, 9.17) is 5.26 Å². The smallest absolute Gasteiger partial charge is 0.100 e. The van der Waals surface area contributed by atoms with Gasteiger partial charge in [0.1, 0.15) is 6.07 Å². The Bertz CT molecular complexity index is 569. The summed E-state index contributed by atoms with van der Waals surface area (Å²) >= 11 is 3.92. The van der Waals surface area contributed by atoms with Gasteiger partial charge in [0, 0.05) is 26.1 Å². The Labute approximate surface area is 118 Å². The number of thiophene rings is 1. The minimum Gasteiger partial charge on any atom is -0.380 e. The Morgan fingerprint density at radius 3 is 2.88 bits per heavy atom. The van der Waals surface area contributed by atoms with Gasteiger partial charge in [0.2, 0.25) is 0 Å². The lowest BCUT2D eigenvalue weighted by Crippen LogP contribution is -1.99. The van der Waals surface area contributed by atoms with Gasteiger partial charge in [-0.05, 0) is 59.3 Å². The van der Waals surface area contributed by atoms with Crippen molar-refractivity contribution in [1.29, 1.82) is 5.26 Å². The highest BCUT2D eigenvalue weighted by atomic mass is 127. The van der Waals surface area contributed by atoms with Crippen LogP contribution in [0.15, 0.2) is 29.6 Å². The maximum Gasteiger partial charge on any atom is 0.100 e. The molecule has 0 bridgehead atoms. The first-order valence-electron chi connectivity index (χ1n) is 5.16. The molecule has 0 aliphatic rings. The van der Waals surface area contributed by atoms with E-state index in [0.29, 0.717) is 0 Å². The fraction of sp³-hybridized carbons (Fsp3) is 0.154. The molecule has 0 aliphatic heterocycles. The quantitative estimate of drug-likeness (QED) is 0.841. The van der Waals surface area contributed by atoms with Crippen LogP contribution in [-0.2, 0) is 6.54 Å². The first kappa shape index (κ1) is 12.4. The van der Waals surface area contributed by atoms with Crippen LogP contribution in [0.25, 0.3) is 0 Å². The highest BCUT2D eigenvalue weighted by Crippen LogP contribution is 2.20. The minimum atomic E-state index is 0.742. The zero-order chi connectivity index (χ0) is 12.3. The predicted molar refractivity (Wildman–Crippen MR) is 80.3 cm³/mol. The van der Waals surface area contributed by atoms with Gasteiger partial charge in [-0.3, -0.25) is 0 Å². The van der Waals surface area contributed by atoms with Crippen molar-refractivity contribution in [3.63, 3.8) is 0 Å². The minimum absolute atomic E-state index is 0.742. The van der Waals surface area contributed by atoms with Gasteiger partial charge in [0.05, 0.1) is 5.56 Å². The molecule has 1 heterocycles. The van der Waals surface area contributed by atoms with E-state index in [9.17, 15) is 0 Å². The summed E-state index contributed by atoms with van der Waals surface area (Å²) < 4.78 is 1.24. The monoisotopic (exact) mass is 354 g/mol. The van der Waals surface area contributed by atoms with Crippen LogP contribution in [0.3, 0.4) is 0 Å². The summed E-state index contributed by atoms with van der Waals surface area (Å²) in [4.78, 5) is 1.18. The molecule has 0 saturated carbocycles. The molecule has 0 unspecified atom stereocenters. The van der Waals surface area contributed by atoms with E-state index in [0.717, 1.165) is 17.8 Å². The standard InChI is InChI=1S/C13H11IN2S/c1-9-4-11(14)2-3-13(9)16-7-12-5-10(6-15)8-17-12/h2-5,8,16H,7H2,1H3. The second kappa shape index (κ2) is 5.52. The van der Waals surface area contributed by atoms with Gasteiger partial charge in [-0.15, -0.1) is 11.3 Å². The number of aryl methyl sites for hydroxylation is 1. The van der Waals surface area contributed by atoms with Gasteiger partial charge in [-0.2, -0.15) is 5.26 Å². The topological polar surface area (TPSA) is 35.8 Å². The second-order valence-electron chi connectivity index (χ2n) is 3.73. The third-order valence-corrected chi connectivity index (χ3v) is 4.03. The van der Waals surface area contributed by atoms with E-state index in [1.807, 2.05) is 11.4 Å². The molecule has 1 aromatic heterocycles. The summed E-state index contributed by atoms with van der Waals surface area (Å²) in [6.45, 7) is 2.87. The van der Waals surface area contributed by atoms with Crippen molar-refractivity contribution < 1.29 is 0 Å². The molecule has 2 aromatic rings. The second-order valence-corrected chi connectivity index (χ2v) is 5.97. The summed E-state index contributed by atoms with van der Waals surface area (Å²) in [5.41, 5.74) is 3.14. The molecule has 2 rings (SSSR count). The molecule has 0 amide bonds. The first-order valence-corrected chi connectivity index (χ1v) is 7.12. The lowest BCUT2D eigenvalue weighted by molar-refractivity contribution is 1.18. The molecule has 0 spiro atoms. The number of nitrogens with zero attached hydrogens (tertiary/aromatic N) is 1. The molecule has 17 heavy (non-hydrogen) atoms. The molecule has 4 heteroatoms. The maximum absolute atomic E-state index is 8.75. The molecule has 86 valence electrons. The fourth-order valence-electron chi connectivity index (χ4n) is 1.54. The third kappa shape index (κ3) is 3.20. The fourth-order valence-corrected chi connectivity index (χ4v) is 2.94. The summed E-state index contributed by atoms with van der Waals surface area (Å²) in [6.07, 6.45) is 0. The van der Waals surface area contributed by atoms with E-state index in [1.165, 1.54) is 14.0 Å². The van der Waals surface area contributed by atoms with Crippen molar-refractivity contribution >= 4 is 39.6 Å². The van der Waals surface area contributed by atoms with Crippen molar-refractivity contribution in [3.8, 4) is 6.07 Å². The van der Waals surface area contributed by atoms with Crippen LogP contribution in [0, 0.1) is 21.8 Å². The SMILES string of the molecule is Cc1cc(I)ccc1NCc1cc(C#N)cs1.